The van der Waals surface area contributed by atoms with Crippen molar-refractivity contribution >= 4 is 20.9 Å². The molecule has 0 saturated heterocycles. The molecule has 3 aromatic carbocycles. The van der Waals surface area contributed by atoms with E-state index in [1.165, 1.54) is 22.9 Å². The molecule has 1 aliphatic heterocycles. The van der Waals surface area contributed by atoms with Crippen molar-refractivity contribution in [3.63, 3.8) is 0 Å². The molecule has 0 aromatic heterocycles. The third kappa shape index (κ3) is 9.25. The van der Waals surface area contributed by atoms with Crippen LogP contribution in [0.1, 0.15) is 43.9 Å². The van der Waals surface area contributed by atoms with Gasteiger partial charge in [0.1, 0.15) is 18.1 Å². The molecule has 240 valence electrons. The molecule has 1 aliphatic rings. The number of aliphatic hydroxyl groups is 2. The Bertz CT molecular complexity index is 1470. The monoisotopic (exact) mass is 631 g/mol. The first-order valence-electron chi connectivity index (χ1n) is 15.3. The second kappa shape index (κ2) is 14.4. The van der Waals surface area contributed by atoms with Gasteiger partial charge < -0.3 is 38.3 Å². The first-order chi connectivity index (χ1) is 21.2. The highest BCUT2D eigenvalue weighted by molar-refractivity contribution is 6.74. The van der Waals surface area contributed by atoms with E-state index < -0.39 is 15.4 Å². The zero-order valence-electron chi connectivity index (χ0n) is 27.7. The van der Waals surface area contributed by atoms with E-state index >= 15 is 0 Å². The number of rotatable bonds is 11. The quantitative estimate of drug-likeness (QED) is 0.164. The molecule has 10 heteroatoms. The van der Waals surface area contributed by atoms with Crippen LogP contribution in [-0.2, 0) is 20.3 Å². The topological polar surface area (TPSA) is 89.9 Å². The predicted molar refractivity (Wildman–Crippen MR) is 182 cm³/mol. The highest BCUT2D eigenvalue weighted by atomic mass is 28.4. The van der Waals surface area contributed by atoms with Crippen molar-refractivity contribution in [2.45, 2.75) is 65.8 Å². The second-order valence-corrected chi connectivity index (χ2v) is 17.8. The van der Waals surface area contributed by atoms with Crippen molar-refractivity contribution in [2.24, 2.45) is 0 Å². The summed E-state index contributed by atoms with van der Waals surface area (Å²) in [6.07, 6.45) is 3.52. The molecule has 8 nitrogen and oxygen atoms in total. The lowest BCUT2D eigenvalue weighted by atomic mass is 9.79. The molecule has 0 bridgehead atoms. The largest absolute Gasteiger partial charge is 0.636 e. The van der Waals surface area contributed by atoms with Crippen LogP contribution in [0.5, 0.6) is 11.5 Å². The van der Waals surface area contributed by atoms with Gasteiger partial charge in [-0.05, 0) is 90.1 Å². The third-order valence-corrected chi connectivity index (χ3v) is 12.7. The summed E-state index contributed by atoms with van der Waals surface area (Å²) in [5, 5.41) is 20.2. The molecule has 4 rings (SSSR count). The average Bonchev–Trinajstić information content (AvgIpc) is 2.94. The molecular weight excluding hydrogens is 585 g/mol. The number of hydrogen-bond donors (Lipinski definition) is 2. The fourth-order valence-corrected chi connectivity index (χ4v) is 5.87. The van der Waals surface area contributed by atoms with E-state index in [1.54, 1.807) is 31.3 Å². The number of aryl methyl sites for hydroxylation is 2. The maximum atomic E-state index is 9.99. The van der Waals surface area contributed by atoms with Gasteiger partial charge in [0.05, 0.1) is 19.0 Å². The van der Waals surface area contributed by atoms with Crippen LogP contribution in [0.3, 0.4) is 0 Å². The van der Waals surface area contributed by atoms with E-state index in [2.05, 4.69) is 72.0 Å². The molecule has 0 atom stereocenters. The van der Waals surface area contributed by atoms with E-state index in [9.17, 15) is 10.2 Å². The van der Waals surface area contributed by atoms with Gasteiger partial charge in [0.25, 0.3) is 11.9 Å². The third-order valence-electron chi connectivity index (χ3n) is 8.19. The Morgan fingerprint density at radius 2 is 1.44 bits per heavy atom. The van der Waals surface area contributed by atoms with Gasteiger partial charge in [-0.25, -0.2) is 0 Å². The van der Waals surface area contributed by atoms with Crippen molar-refractivity contribution in [1.82, 2.24) is 4.90 Å². The van der Waals surface area contributed by atoms with Gasteiger partial charge in [-0.2, -0.15) is 0 Å². The van der Waals surface area contributed by atoms with Crippen LogP contribution in [0, 0.1) is 13.8 Å². The van der Waals surface area contributed by atoms with Crippen molar-refractivity contribution < 1.29 is 33.4 Å². The lowest BCUT2D eigenvalue weighted by molar-refractivity contribution is 0.124. The molecular formula is C35H46BNO7Si. The highest BCUT2D eigenvalue weighted by Crippen LogP contribution is 2.36. The van der Waals surface area contributed by atoms with Gasteiger partial charge >= 0.3 is 7.12 Å². The van der Waals surface area contributed by atoms with E-state index in [0.717, 1.165) is 41.0 Å². The zero-order valence-corrected chi connectivity index (χ0v) is 28.7. The number of nitrogens with zero attached hydrogens (tertiary/aromatic N) is 1. The number of benzene rings is 3. The van der Waals surface area contributed by atoms with Crippen molar-refractivity contribution in [3.05, 3.63) is 102 Å². The Labute approximate surface area is 269 Å². The molecule has 0 saturated carbocycles. The molecule has 3 aromatic rings. The Morgan fingerprint density at radius 1 is 0.822 bits per heavy atom. The van der Waals surface area contributed by atoms with Crippen LogP contribution in [0.15, 0.2) is 85.0 Å². The van der Waals surface area contributed by atoms with Crippen molar-refractivity contribution in [1.29, 1.82) is 0 Å². The summed E-state index contributed by atoms with van der Waals surface area (Å²) in [5.41, 5.74) is 6.27. The van der Waals surface area contributed by atoms with Crippen LogP contribution in [-0.4, -0.2) is 50.8 Å². The van der Waals surface area contributed by atoms with E-state index in [-0.39, 0.29) is 16.9 Å². The van der Waals surface area contributed by atoms with E-state index in [0.29, 0.717) is 24.4 Å². The Kier molecular flexibility index (Phi) is 10.8. The molecule has 1 heterocycles. The van der Waals surface area contributed by atoms with Gasteiger partial charge in [-0.1, -0.05) is 51.1 Å². The van der Waals surface area contributed by atoms with E-state index in [4.69, 9.17) is 23.2 Å². The number of ether oxygens (including phenoxy) is 2. The van der Waals surface area contributed by atoms with E-state index in [1.807, 2.05) is 12.1 Å². The molecule has 0 unspecified atom stereocenters. The predicted octanol–water partition coefficient (Wildman–Crippen LogP) is 7.73. The smallest absolute Gasteiger partial charge is 0.494 e. The van der Waals surface area contributed by atoms with Crippen LogP contribution in [0.25, 0.3) is 11.1 Å². The van der Waals surface area contributed by atoms with Gasteiger partial charge in [0.15, 0.2) is 8.32 Å². The second-order valence-electron chi connectivity index (χ2n) is 13.0. The first kappa shape index (κ1) is 33.9. The summed E-state index contributed by atoms with van der Waals surface area (Å²) in [6.45, 7) is 17.3. The summed E-state index contributed by atoms with van der Waals surface area (Å²) in [4.78, 5) is 1.42. The lowest BCUT2D eigenvalue weighted by Crippen LogP contribution is -2.41. The van der Waals surface area contributed by atoms with Crippen molar-refractivity contribution in [2.75, 3.05) is 20.3 Å². The summed E-state index contributed by atoms with van der Waals surface area (Å²) in [5.74, 6) is 0.880. The standard InChI is InChI=1S/C35H46BNO7Si/c1-25-19-31(40-17-10-18-42-45(7,8)35(3,4)5)20-26(2)34(25)28-12-9-11-27(21-28)24-41-30-15-13-29(14-16-30)36-43-32(38)22-37(6)23-33(39)44-36/h9,11-16,19-23,38-39H,10,17-18,24H2,1-8H3/b32-22-,33-23?. The first-order valence-corrected chi connectivity index (χ1v) is 18.2. The van der Waals surface area contributed by atoms with Gasteiger partial charge in [0, 0.05) is 25.5 Å². The Morgan fingerprint density at radius 3 is 2.04 bits per heavy atom. The molecule has 0 fully saturated rings. The molecule has 0 aliphatic carbocycles. The maximum absolute atomic E-state index is 9.99. The maximum Gasteiger partial charge on any atom is 0.636 e. The van der Waals surface area contributed by atoms with Crippen molar-refractivity contribution in [3.8, 4) is 22.6 Å². The Balaban J connectivity index is 1.34. The fourth-order valence-electron chi connectivity index (χ4n) is 4.79. The molecule has 0 radical (unpaired) electrons. The van der Waals surface area contributed by atoms with Gasteiger partial charge in [0.2, 0.25) is 0 Å². The molecule has 2 N–H and O–H groups in total. The Hall–Kier alpha value is -4.02. The number of aliphatic hydroxyl groups excluding tert-OH is 2. The van der Waals surface area contributed by atoms with Crippen LogP contribution in [0.2, 0.25) is 18.1 Å². The molecule has 0 amide bonds. The summed E-state index contributed by atoms with van der Waals surface area (Å²) < 4.78 is 29.3. The van der Waals surface area contributed by atoms with Crippen LogP contribution >= 0.6 is 0 Å². The minimum atomic E-state index is -1.74. The number of hydrogen-bond acceptors (Lipinski definition) is 8. The normalized spacial score (nSPS) is 15.2. The van der Waals surface area contributed by atoms with Gasteiger partial charge in [-0.3, -0.25) is 0 Å². The lowest BCUT2D eigenvalue weighted by Gasteiger charge is -2.36. The minimum absolute atomic E-state index is 0.207. The fraction of sp³-hybridized carbons (Fsp3) is 0.371. The SMILES string of the molecule is Cc1cc(OCCCO[Si](C)(C)C(C)(C)C)cc(C)c1-c1cccc(COc2ccc(B3OC(O)=CN(C)/C=C(/O)O3)cc2)c1. The summed E-state index contributed by atoms with van der Waals surface area (Å²) in [7, 11) is -1.12. The van der Waals surface area contributed by atoms with Crippen LogP contribution in [0.4, 0.5) is 0 Å². The molecule has 0 spiro atoms. The summed E-state index contributed by atoms with van der Waals surface area (Å²) >= 11 is 0. The van der Waals surface area contributed by atoms with Gasteiger partial charge in [-0.15, -0.1) is 0 Å². The van der Waals surface area contributed by atoms with Crippen LogP contribution < -0.4 is 14.9 Å². The average molecular weight is 632 g/mol. The zero-order chi connectivity index (χ0) is 32.8. The summed E-state index contributed by atoms with van der Waals surface area (Å²) in [6, 6.07) is 19.7. The molecule has 45 heavy (non-hydrogen) atoms. The highest BCUT2D eigenvalue weighted by Gasteiger charge is 2.36. The minimum Gasteiger partial charge on any atom is -0.494 e.